The van der Waals surface area contributed by atoms with Crippen LogP contribution in [0.3, 0.4) is 0 Å². The Bertz CT molecular complexity index is 1260. The van der Waals surface area contributed by atoms with Crippen LogP contribution in [-0.4, -0.2) is 53.8 Å². The lowest BCUT2D eigenvalue weighted by atomic mass is 9.88. The van der Waals surface area contributed by atoms with E-state index in [0.29, 0.717) is 41.8 Å². The number of aromatic nitrogens is 2. The maximum absolute atomic E-state index is 9.92. The van der Waals surface area contributed by atoms with Gasteiger partial charge in [-0.25, -0.2) is 4.85 Å². The summed E-state index contributed by atoms with van der Waals surface area (Å²) in [5.41, 5.74) is 1.30. The first-order valence-corrected chi connectivity index (χ1v) is 11.7. The van der Waals surface area contributed by atoms with Crippen molar-refractivity contribution < 1.29 is 14.6 Å². The van der Waals surface area contributed by atoms with Crippen molar-refractivity contribution in [2.75, 3.05) is 37.0 Å². The highest BCUT2D eigenvalue weighted by atomic mass is 35.5. The molecule has 2 aliphatic heterocycles. The lowest BCUT2D eigenvalue weighted by Crippen LogP contribution is -2.44. The number of fused-ring (bicyclic) bond motifs is 1. The standard InChI is InChI=1S/C25H26ClN5O3.ClH/c1-27-17-4-5-19-20(12-17)23(28-14-16-3-6-22(33-2)21(26)11-16)29-30-24(19)31-9-7-25(8-10-31)13-18(32)15-34-25;/h3-6,11-12,18,32H,7-10,13-15H2,2H3,(H,28,29);1H. The minimum Gasteiger partial charge on any atom is -0.495 e. The van der Waals surface area contributed by atoms with Crippen LogP contribution in [0.5, 0.6) is 5.75 Å². The molecule has 0 radical (unpaired) electrons. The number of benzene rings is 2. The Balaban J connectivity index is 0.00000289. The lowest BCUT2D eigenvalue weighted by molar-refractivity contribution is -0.0167. The summed E-state index contributed by atoms with van der Waals surface area (Å²) in [6, 6.07) is 11.2. The summed E-state index contributed by atoms with van der Waals surface area (Å²) >= 11 is 6.26. The quantitative estimate of drug-likeness (QED) is 0.462. The summed E-state index contributed by atoms with van der Waals surface area (Å²) in [5.74, 6) is 2.05. The zero-order valence-corrected chi connectivity index (χ0v) is 20.9. The van der Waals surface area contributed by atoms with Crippen LogP contribution in [0.25, 0.3) is 15.6 Å². The fraction of sp³-hybridized carbons (Fsp3) is 0.400. The van der Waals surface area contributed by atoms with E-state index in [1.165, 1.54) is 0 Å². The van der Waals surface area contributed by atoms with E-state index in [0.717, 1.165) is 48.1 Å². The molecule has 35 heavy (non-hydrogen) atoms. The minimum atomic E-state index is -0.370. The fourth-order valence-electron chi connectivity index (χ4n) is 4.86. The van der Waals surface area contributed by atoms with Gasteiger partial charge in [0.25, 0.3) is 0 Å². The largest absolute Gasteiger partial charge is 0.495 e. The van der Waals surface area contributed by atoms with E-state index < -0.39 is 0 Å². The van der Waals surface area contributed by atoms with Crippen LogP contribution in [-0.2, 0) is 11.3 Å². The molecule has 2 fully saturated rings. The Morgan fingerprint density at radius 1 is 1.23 bits per heavy atom. The third-order valence-corrected chi connectivity index (χ3v) is 7.01. The van der Waals surface area contributed by atoms with Gasteiger partial charge in [0, 0.05) is 36.8 Å². The van der Waals surface area contributed by atoms with Crippen molar-refractivity contribution >= 4 is 52.1 Å². The molecule has 1 aromatic heterocycles. The molecule has 184 valence electrons. The van der Waals surface area contributed by atoms with E-state index >= 15 is 0 Å². The molecule has 2 aromatic carbocycles. The van der Waals surface area contributed by atoms with Gasteiger partial charge in [-0.2, -0.15) is 0 Å². The summed E-state index contributed by atoms with van der Waals surface area (Å²) in [7, 11) is 1.59. The van der Waals surface area contributed by atoms with E-state index in [2.05, 4.69) is 25.3 Å². The predicted molar refractivity (Wildman–Crippen MR) is 139 cm³/mol. The molecule has 2 aliphatic rings. The van der Waals surface area contributed by atoms with Crippen molar-refractivity contribution in [2.45, 2.75) is 37.5 Å². The summed E-state index contributed by atoms with van der Waals surface area (Å²) < 4.78 is 11.2. The van der Waals surface area contributed by atoms with Gasteiger partial charge >= 0.3 is 0 Å². The van der Waals surface area contributed by atoms with Crippen LogP contribution >= 0.6 is 24.0 Å². The molecule has 8 nitrogen and oxygen atoms in total. The number of halogens is 2. The second kappa shape index (κ2) is 10.4. The predicted octanol–water partition coefficient (Wildman–Crippen LogP) is 5.00. The summed E-state index contributed by atoms with van der Waals surface area (Å²) in [6.45, 7) is 9.91. The topological polar surface area (TPSA) is 84.1 Å². The number of nitrogens with zero attached hydrogens (tertiary/aromatic N) is 4. The van der Waals surface area contributed by atoms with Crippen LogP contribution in [0.4, 0.5) is 17.3 Å². The molecule has 3 aromatic rings. The van der Waals surface area contributed by atoms with Gasteiger partial charge < -0.3 is 24.8 Å². The van der Waals surface area contributed by atoms with Crippen LogP contribution in [0.2, 0.25) is 5.02 Å². The monoisotopic (exact) mass is 515 g/mol. The van der Waals surface area contributed by atoms with Gasteiger partial charge in [0.05, 0.1) is 37.0 Å². The van der Waals surface area contributed by atoms with Crippen molar-refractivity contribution in [1.82, 2.24) is 10.2 Å². The molecule has 3 heterocycles. The number of ether oxygens (including phenoxy) is 2. The molecule has 0 aliphatic carbocycles. The number of piperidine rings is 1. The SMILES string of the molecule is Cl.[C-]#[N+]c1ccc2c(N3CCC4(CC3)CC(O)CO4)nnc(NCc3ccc(OC)c(Cl)c3)c2c1. The smallest absolute Gasteiger partial charge is 0.188 e. The summed E-state index contributed by atoms with van der Waals surface area (Å²) in [6.07, 6.45) is 2.00. The summed E-state index contributed by atoms with van der Waals surface area (Å²) in [5, 5.41) is 24.7. The zero-order valence-electron chi connectivity index (χ0n) is 19.3. The molecule has 10 heteroatoms. The Morgan fingerprint density at radius 3 is 2.69 bits per heavy atom. The van der Waals surface area contributed by atoms with Gasteiger partial charge in [0.15, 0.2) is 17.3 Å². The van der Waals surface area contributed by atoms with Gasteiger partial charge in [-0.15, -0.1) is 22.6 Å². The second-order valence-electron chi connectivity index (χ2n) is 8.88. The van der Waals surface area contributed by atoms with E-state index in [-0.39, 0.29) is 24.1 Å². The van der Waals surface area contributed by atoms with Crippen molar-refractivity contribution in [3.8, 4) is 5.75 Å². The second-order valence-corrected chi connectivity index (χ2v) is 9.28. The Hall–Kier alpha value is -2.83. The number of anilines is 2. The molecule has 1 spiro atoms. The highest BCUT2D eigenvalue weighted by Gasteiger charge is 2.42. The van der Waals surface area contributed by atoms with Crippen LogP contribution in [0.1, 0.15) is 24.8 Å². The number of aliphatic hydroxyl groups excluding tert-OH is 1. The molecule has 0 bridgehead atoms. The van der Waals surface area contributed by atoms with Gasteiger partial charge in [0.1, 0.15) is 5.75 Å². The third kappa shape index (κ3) is 5.09. The molecule has 2 saturated heterocycles. The van der Waals surface area contributed by atoms with Crippen LogP contribution in [0, 0.1) is 6.57 Å². The maximum Gasteiger partial charge on any atom is 0.188 e. The molecule has 5 rings (SSSR count). The average molecular weight is 516 g/mol. The van der Waals surface area contributed by atoms with E-state index in [1.54, 1.807) is 7.11 Å². The highest BCUT2D eigenvalue weighted by Crippen LogP contribution is 2.39. The number of aliphatic hydroxyl groups is 1. The van der Waals surface area contributed by atoms with Crippen LogP contribution < -0.4 is 15.0 Å². The van der Waals surface area contributed by atoms with Crippen molar-refractivity contribution in [1.29, 1.82) is 0 Å². The highest BCUT2D eigenvalue weighted by molar-refractivity contribution is 6.32. The van der Waals surface area contributed by atoms with Gasteiger partial charge in [-0.3, -0.25) is 0 Å². The third-order valence-electron chi connectivity index (χ3n) is 6.71. The summed E-state index contributed by atoms with van der Waals surface area (Å²) in [4.78, 5) is 5.82. The Kier molecular flexibility index (Phi) is 7.53. The zero-order chi connectivity index (χ0) is 23.7. The molecule has 1 atom stereocenters. The number of hydrogen-bond donors (Lipinski definition) is 2. The van der Waals surface area contributed by atoms with Gasteiger partial charge in [-0.05, 0) is 36.6 Å². The molecule has 0 amide bonds. The van der Waals surface area contributed by atoms with Gasteiger partial charge in [-0.1, -0.05) is 29.8 Å². The van der Waals surface area contributed by atoms with E-state index in [4.69, 9.17) is 27.6 Å². The average Bonchev–Trinajstić information content (AvgIpc) is 3.22. The first-order chi connectivity index (χ1) is 16.5. The number of rotatable bonds is 5. The first kappa shape index (κ1) is 25.3. The Labute approximate surface area is 215 Å². The van der Waals surface area contributed by atoms with Crippen molar-refractivity contribution in [2.24, 2.45) is 0 Å². The number of methoxy groups -OCH3 is 1. The molecular weight excluding hydrogens is 489 g/mol. The lowest BCUT2D eigenvalue weighted by Gasteiger charge is -2.39. The number of hydrogen-bond acceptors (Lipinski definition) is 7. The number of nitrogens with one attached hydrogen (secondary N) is 1. The van der Waals surface area contributed by atoms with E-state index in [9.17, 15) is 5.11 Å². The molecular formula is C25H27Cl2N5O3. The van der Waals surface area contributed by atoms with Crippen molar-refractivity contribution in [3.63, 3.8) is 0 Å². The molecule has 2 N–H and O–H groups in total. The van der Waals surface area contributed by atoms with E-state index in [1.807, 2.05) is 36.4 Å². The maximum atomic E-state index is 9.92. The fourth-order valence-corrected chi connectivity index (χ4v) is 5.14. The Morgan fingerprint density at radius 2 is 2.03 bits per heavy atom. The van der Waals surface area contributed by atoms with Crippen molar-refractivity contribution in [3.05, 3.63) is 58.4 Å². The van der Waals surface area contributed by atoms with Gasteiger partial charge in [0.2, 0.25) is 0 Å². The normalized spacial score (nSPS) is 18.8. The first-order valence-electron chi connectivity index (χ1n) is 11.3. The minimum absolute atomic E-state index is 0. The molecule has 0 saturated carbocycles. The van der Waals surface area contributed by atoms with Crippen LogP contribution in [0.15, 0.2) is 36.4 Å². The molecule has 1 unspecified atom stereocenters.